The van der Waals surface area contributed by atoms with E-state index in [2.05, 4.69) is 38.4 Å². The van der Waals surface area contributed by atoms with E-state index in [0.717, 1.165) is 30.2 Å². The van der Waals surface area contributed by atoms with Gasteiger partial charge in [0.15, 0.2) is 5.96 Å². The number of unbranched alkanes of at least 4 members (excludes halogenated alkanes) is 1. The summed E-state index contributed by atoms with van der Waals surface area (Å²) in [4.78, 5) is 9.43. The molecule has 1 fully saturated rings. The van der Waals surface area contributed by atoms with Crippen molar-refractivity contribution in [3.63, 3.8) is 0 Å². The molecule has 0 bridgehead atoms. The molecule has 160 valence electrons. The first-order chi connectivity index (χ1) is 13.3. The Balaban J connectivity index is 0.00000392. The van der Waals surface area contributed by atoms with Crippen LogP contribution in [0.3, 0.4) is 0 Å². The molecule has 0 saturated carbocycles. The third-order valence-corrected chi connectivity index (χ3v) is 5.05. The maximum absolute atomic E-state index is 5.68. The third-order valence-electron chi connectivity index (χ3n) is 5.05. The third kappa shape index (κ3) is 8.96. The van der Waals surface area contributed by atoms with Crippen LogP contribution in [-0.2, 0) is 6.54 Å². The molecule has 1 saturated heterocycles. The van der Waals surface area contributed by atoms with Crippen LogP contribution in [0, 0.1) is 0 Å². The SMILES string of the molecule is CCOc1ccccc1CNC(=NC)NCCCCN1CCN(CC)CC1.I. The molecule has 7 heteroatoms. The predicted octanol–water partition coefficient (Wildman–Crippen LogP) is 2.79. The lowest BCUT2D eigenvalue weighted by atomic mass is 10.2. The Morgan fingerprint density at radius 2 is 1.75 bits per heavy atom. The van der Waals surface area contributed by atoms with Crippen molar-refractivity contribution >= 4 is 29.9 Å². The molecule has 2 rings (SSSR count). The highest BCUT2D eigenvalue weighted by molar-refractivity contribution is 14.0. The number of likely N-dealkylation sites (N-methyl/N-ethyl adjacent to an activating group) is 1. The number of ether oxygens (including phenoxy) is 1. The predicted molar refractivity (Wildman–Crippen MR) is 129 cm³/mol. The Hall–Kier alpha value is -1.06. The van der Waals surface area contributed by atoms with E-state index in [1.165, 1.54) is 45.7 Å². The standard InChI is InChI=1S/C21H37N5O.HI/c1-4-25-14-16-26(17-15-25)13-9-8-12-23-21(22-3)24-18-19-10-6-7-11-20(19)27-5-2;/h6-7,10-11H,4-5,8-9,12-18H2,1-3H3,(H2,22,23,24);1H. The van der Waals surface area contributed by atoms with Gasteiger partial charge in [-0.2, -0.15) is 0 Å². The molecule has 0 radical (unpaired) electrons. The smallest absolute Gasteiger partial charge is 0.191 e. The molecule has 1 aliphatic rings. The zero-order valence-electron chi connectivity index (χ0n) is 17.7. The van der Waals surface area contributed by atoms with Gasteiger partial charge < -0.3 is 25.2 Å². The van der Waals surface area contributed by atoms with Gasteiger partial charge in [0.25, 0.3) is 0 Å². The highest BCUT2D eigenvalue weighted by Gasteiger charge is 2.14. The lowest BCUT2D eigenvalue weighted by Crippen LogP contribution is -2.46. The van der Waals surface area contributed by atoms with E-state index in [1.54, 1.807) is 0 Å². The summed E-state index contributed by atoms with van der Waals surface area (Å²) in [5.41, 5.74) is 1.15. The highest BCUT2D eigenvalue weighted by Crippen LogP contribution is 2.17. The second kappa shape index (κ2) is 14.9. The van der Waals surface area contributed by atoms with Crippen molar-refractivity contribution in [3.05, 3.63) is 29.8 Å². The largest absolute Gasteiger partial charge is 0.494 e. The average Bonchev–Trinajstić information content (AvgIpc) is 2.71. The quantitative estimate of drug-likeness (QED) is 0.223. The van der Waals surface area contributed by atoms with Gasteiger partial charge in [0.2, 0.25) is 0 Å². The topological polar surface area (TPSA) is 52.1 Å². The summed E-state index contributed by atoms with van der Waals surface area (Å²) in [6, 6.07) is 8.14. The molecule has 0 aromatic heterocycles. The van der Waals surface area contributed by atoms with Gasteiger partial charge in [0.05, 0.1) is 6.61 Å². The van der Waals surface area contributed by atoms with Crippen molar-refractivity contribution in [2.24, 2.45) is 4.99 Å². The van der Waals surface area contributed by atoms with E-state index in [9.17, 15) is 0 Å². The first-order valence-corrected chi connectivity index (χ1v) is 10.4. The zero-order chi connectivity index (χ0) is 19.3. The van der Waals surface area contributed by atoms with E-state index in [1.807, 2.05) is 32.2 Å². The summed E-state index contributed by atoms with van der Waals surface area (Å²) < 4.78 is 5.68. The maximum atomic E-state index is 5.68. The molecule has 2 N–H and O–H groups in total. The molecule has 1 heterocycles. The fourth-order valence-corrected chi connectivity index (χ4v) is 3.34. The van der Waals surface area contributed by atoms with Gasteiger partial charge >= 0.3 is 0 Å². The van der Waals surface area contributed by atoms with Gasteiger partial charge in [-0.3, -0.25) is 4.99 Å². The van der Waals surface area contributed by atoms with Crippen molar-refractivity contribution in [1.29, 1.82) is 0 Å². The van der Waals surface area contributed by atoms with Crippen molar-refractivity contribution in [2.45, 2.75) is 33.2 Å². The number of hydrogen-bond donors (Lipinski definition) is 2. The van der Waals surface area contributed by atoms with Crippen molar-refractivity contribution in [2.75, 3.05) is 59.5 Å². The normalized spacial score (nSPS) is 15.8. The van der Waals surface area contributed by atoms with Crippen molar-refractivity contribution in [3.8, 4) is 5.75 Å². The van der Waals surface area contributed by atoms with Gasteiger partial charge in [-0.1, -0.05) is 25.1 Å². The first kappa shape index (κ1) is 25.0. The van der Waals surface area contributed by atoms with E-state index >= 15 is 0 Å². The second-order valence-corrected chi connectivity index (χ2v) is 6.88. The number of benzene rings is 1. The van der Waals surface area contributed by atoms with Crippen LogP contribution >= 0.6 is 24.0 Å². The highest BCUT2D eigenvalue weighted by atomic mass is 127. The number of halogens is 1. The summed E-state index contributed by atoms with van der Waals surface area (Å²) in [5.74, 6) is 1.78. The summed E-state index contributed by atoms with van der Waals surface area (Å²) in [7, 11) is 1.82. The summed E-state index contributed by atoms with van der Waals surface area (Å²) >= 11 is 0. The summed E-state index contributed by atoms with van der Waals surface area (Å²) in [5, 5.41) is 6.80. The fourth-order valence-electron chi connectivity index (χ4n) is 3.34. The molecule has 0 aliphatic carbocycles. The summed E-state index contributed by atoms with van der Waals surface area (Å²) in [6.07, 6.45) is 2.38. The average molecular weight is 503 g/mol. The lowest BCUT2D eigenvalue weighted by molar-refractivity contribution is 0.136. The number of hydrogen-bond acceptors (Lipinski definition) is 4. The Kier molecular flexibility index (Phi) is 13.3. The van der Waals surface area contributed by atoms with E-state index in [4.69, 9.17) is 4.74 Å². The minimum absolute atomic E-state index is 0. The molecular formula is C21H38IN5O. The minimum Gasteiger partial charge on any atom is -0.494 e. The molecule has 0 unspecified atom stereocenters. The molecule has 28 heavy (non-hydrogen) atoms. The lowest BCUT2D eigenvalue weighted by Gasteiger charge is -2.34. The number of rotatable bonds is 10. The van der Waals surface area contributed by atoms with Crippen LogP contribution in [0.1, 0.15) is 32.3 Å². The van der Waals surface area contributed by atoms with Gasteiger partial charge in [-0.25, -0.2) is 0 Å². The minimum atomic E-state index is 0. The number of para-hydroxylation sites is 1. The number of nitrogens with one attached hydrogen (secondary N) is 2. The van der Waals surface area contributed by atoms with Gasteiger partial charge in [0, 0.05) is 51.9 Å². The monoisotopic (exact) mass is 503 g/mol. The van der Waals surface area contributed by atoms with Crippen LogP contribution in [0.2, 0.25) is 0 Å². The molecule has 1 aliphatic heterocycles. The van der Waals surface area contributed by atoms with Crippen LogP contribution in [-0.4, -0.2) is 75.2 Å². The van der Waals surface area contributed by atoms with Gasteiger partial charge in [-0.05, 0) is 38.9 Å². The Labute approximate surface area is 188 Å². The number of nitrogens with zero attached hydrogens (tertiary/aromatic N) is 3. The first-order valence-electron chi connectivity index (χ1n) is 10.4. The molecule has 1 aromatic carbocycles. The number of piperazine rings is 1. The van der Waals surface area contributed by atoms with E-state index in [-0.39, 0.29) is 24.0 Å². The Morgan fingerprint density at radius 1 is 1.04 bits per heavy atom. The van der Waals surface area contributed by atoms with Gasteiger partial charge in [0.1, 0.15) is 5.75 Å². The van der Waals surface area contributed by atoms with Crippen molar-refractivity contribution < 1.29 is 4.74 Å². The van der Waals surface area contributed by atoms with Crippen LogP contribution in [0.4, 0.5) is 0 Å². The number of aliphatic imine (C=N–C) groups is 1. The maximum Gasteiger partial charge on any atom is 0.191 e. The Morgan fingerprint density at radius 3 is 2.43 bits per heavy atom. The Bertz CT molecular complexity index is 561. The van der Waals surface area contributed by atoms with Crippen LogP contribution in [0.15, 0.2) is 29.3 Å². The van der Waals surface area contributed by atoms with E-state index in [0.29, 0.717) is 13.2 Å². The molecule has 6 nitrogen and oxygen atoms in total. The molecule has 1 aromatic rings. The zero-order valence-corrected chi connectivity index (χ0v) is 20.1. The van der Waals surface area contributed by atoms with Crippen LogP contribution in [0.25, 0.3) is 0 Å². The molecule has 0 atom stereocenters. The van der Waals surface area contributed by atoms with Crippen molar-refractivity contribution in [1.82, 2.24) is 20.4 Å². The molecule has 0 spiro atoms. The fraction of sp³-hybridized carbons (Fsp3) is 0.667. The second-order valence-electron chi connectivity index (χ2n) is 6.88. The molecular weight excluding hydrogens is 465 g/mol. The van der Waals surface area contributed by atoms with Gasteiger partial charge in [-0.15, -0.1) is 24.0 Å². The van der Waals surface area contributed by atoms with Crippen LogP contribution in [0.5, 0.6) is 5.75 Å². The number of guanidine groups is 1. The summed E-state index contributed by atoms with van der Waals surface area (Å²) in [6.45, 7) is 13.8. The molecule has 0 amide bonds. The van der Waals surface area contributed by atoms with Crippen LogP contribution < -0.4 is 15.4 Å². The van der Waals surface area contributed by atoms with E-state index < -0.39 is 0 Å².